The Morgan fingerprint density at radius 1 is 1.19 bits per heavy atom. The highest BCUT2D eigenvalue weighted by Gasteiger charge is 2.39. The molecule has 2 amide bonds. The first-order valence-electron chi connectivity index (χ1n) is 10.2. The summed E-state index contributed by atoms with van der Waals surface area (Å²) in [5.74, 6) is -0.481. The Bertz CT molecular complexity index is 1060. The fourth-order valence-corrected chi connectivity index (χ4v) is 5.65. The van der Waals surface area contributed by atoms with E-state index in [1.165, 1.54) is 11.8 Å². The predicted octanol–water partition coefficient (Wildman–Crippen LogP) is 5.61. The van der Waals surface area contributed by atoms with Gasteiger partial charge in [-0.3, -0.25) is 9.59 Å². The molecule has 2 atom stereocenters. The first-order valence-corrected chi connectivity index (χ1v) is 11.9. The van der Waals surface area contributed by atoms with E-state index >= 15 is 0 Å². The van der Waals surface area contributed by atoms with Gasteiger partial charge in [-0.15, -0.1) is 11.8 Å². The fraction of sp³-hybridized carbons (Fsp3) is 0.375. The molecule has 1 N–H and O–H groups in total. The monoisotopic (exact) mass is 489 g/mol. The summed E-state index contributed by atoms with van der Waals surface area (Å²) in [6.45, 7) is 6.57. The molecule has 0 spiro atoms. The first-order chi connectivity index (χ1) is 15.1. The molecule has 0 aliphatic carbocycles. The Morgan fingerprint density at radius 2 is 1.91 bits per heavy atom. The third kappa shape index (κ3) is 5.78. The van der Waals surface area contributed by atoms with Crippen molar-refractivity contribution in [2.45, 2.75) is 37.7 Å². The van der Waals surface area contributed by atoms with Gasteiger partial charge in [-0.05, 0) is 40.8 Å². The van der Waals surface area contributed by atoms with Gasteiger partial charge in [0, 0.05) is 28.7 Å². The molecular weight excluding hydrogens is 465 g/mol. The van der Waals surface area contributed by atoms with Gasteiger partial charge in [0.05, 0.1) is 16.6 Å². The van der Waals surface area contributed by atoms with Crippen LogP contribution in [0.1, 0.15) is 43.6 Å². The summed E-state index contributed by atoms with van der Waals surface area (Å²) in [6.07, 6.45) is -0.0332. The largest absolute Gasteiger partial charge is 0.343 e. The molecule has 0 radical (unpaired) electrons. The summed E-state index contributed by atoms with van der Waals surface area (Å²) >= 11 is 14.3. The first kappa shape index (κ1) is 24.4. The molecule has 0 saturated carbocycles. The van der Waals surface area contributed by atoms with Crippen molar-refractivity contribution in [1.29, 1.82) is 5.26 Å². The molecule has 1 aliphatic rings. The molecule has 0 aromatic heterocycles. The van der Waals surface area contributed by atoms with E-state index < -0.39 is 5.25 Å². The van der Waals surface area contributed by atoms with E-state index in [-0.39, 0.29) is 35.4 Å². The average Bonchev–Trinajstić information content (AvgIpc) is 2.82. The van der Waals surface area contributed by atoms with E-state index in [1.807, 2.05) is 42.5 Å². The van der Waals surface area contributed by atoms with Gasteiger partial charge >= 0.3 is 0 Å². The molecule has 8 heteroatoms. The number of hydrogen-bond acceptors (Lipinski definition) is 4. The molecule has 2 aromatic carbocycles. The van der Waals surface area contributed by atoms with Crippen molar-refractivity contribution in [1.82, 2.24) is 5.32 Å². The molecule has 168 valence electrons. The zero-order valence-corrected chi connectivity index (χ0v) is 20.5. The van der Waals surface area contributed by atoms with E-state index in [0.717, 1.165) is 16.8 Å². The van der Waals surface area contributed by atoms with Crippen LogP contribution in [-0.2, 0) is 9.59 Å². The minimum absolute atomic E-state index is 0.0332. The number of halogens is 2. The van der Waals surface area contributed by atoms with Crippen LogP contribution in [0.3, 0.4) is 0 Å². The van der Waals surface area contributed by atoms with Gasteiger partial charge in [-0.1, -0.05) is 62.2 Å². The van der Waals surface area contributed by atoms with Crippen LogP contribution in [0, 0.1) is 16.7 Å². The number of fused-ring (bicyclic) bond motifs is 1. The van der Waals surface area contributed by atoms with E-state index in [1.54, 1.807) is 11.0 Å². The van der Waals surface area contributed by atoms with Gasteiger partial charge in [0.1, 0.15) is 6.54 Å². The maximum Gasteiger partial charge on any atom is 0.240 e. The second-order valence-electron chi connectivity index (χ2n) is 8.85. The normalized spacial score (nSPS) is 18.5. The van der Waals surface area contributed by atoms with Crippen LogP contribution >= 0.6 is 35.0 Å². The zero-order chi connectivity index (χ0) is 23.5. The van der Waals surface area contributed by atoms with E-state index in [0.29, 0.717) is 16.6 Å². The number of nitriles is 1. The molecule has 0 saturated heterocycles. The SMILES string of the molecule is CC(C)(C)CN1C(=O)C(CC(=O)NCC#N)SC(c2ccccc2Cl)c2cc(Cl)ccc21. The molecule has 0 bridgehead atoms. The van der Waals surface area contributed by atoms with Crippen LogP contribution in [0.4, 0.5) is 5.69 Å². The Hall–Kier alpha value is -2.20. The zero-order valence-electron chi connectivity index (χ0n) is 18.2. The Morgan fingerprint density at radius 3 is 2.56 bits per heavy atom. The third-order valence-electron chi connectivity index (χ3n) is 4.96. The van der Waals surface area contributed by atoms with Crippen molar-refractivity contribution in [3.8, 4) is 6.07 Å². The lowest BCUT2D eigenvalue weighted by Gasteiger charge is -2.31. The Balaban J connectivity index is 2.14. The molecular formula is C24H25Cl2N3O2S. The Kier molecular flexibility index (Phi) is 7.76. The maximum atomic E-state index is 13.7. The predicted molar refractivity (Wildman–Crippen MR) is 131 cm³/mol. The van der Waals surface area contributed by atoms with Crippen LogP contribution in [-0.4, -0.2) is 30.2 Å². The number of carbonyl (C=O) groups excluding carboxylic acids is 2. The van der Waals surface area contributed by atoms with Crippen molar-refractivity contribution in [3.05, 3.63) is 63.6 Å². The number of nitrogens with zero attached hydrogens (tertiary/aromatic N) is 2. The highest BCUT2D eigenvalue weighted by molar-refractivity contribution is 8.01. The molecule has 3 rings (SSSR count). The number of benzene rings is 2. The average molecular weight is 490 g/mol. The quantitative estimate of drug-likeness (QED) is 0.554. The molecule has 2 unspecified atom stereocenters. The fourth-order valence-electron chi connectivity index (χ4n) is 3.65. The summed E-state index contributed by atoms with van der Waals surface area (Å²) in [7, 11) is 0. The lowest BCUT2D eigenvalue weighted by molar-refractivity contribution is -0.124. The van der Waals surface area contributed by atoms with Crippen molar-refractivity contribution in [2.24, 2.45) is 5.41 Å². The molecule has 5 nitrogen and oxygen atoms in total. The Labute approximate surface area is 203 Å². The number of thioether (sulfide) groups is 1. The van der Waals surface area contributed by atoms with Gasteiger partial charge in [0.2, 0.25) is 11.8 Å². The number of anilines is 1. The van der Waals surface area contributed by atoms with Gasteiger partial charge in [0.15, 0.2) is 0 Å². The standard InChI is InChI=1S/C24H25Cl2N3O2S/c1-24(2,3)14-29-19-9-8-15(25)12-17(19)22(16-6-4-5-7-18(16)26)32-20(23(29)31)13-21(30)28-11-10-27/h4-9,12,20,22H,11,13-14H2,1-3H3,(H,28,30). The second kappa shape index (κ2) is 10.2. The van der Waals surface area contributed by atoms with Crippen LogP contribution in [0.2, 0.25) is 10.0 Å². The van der Waals surface area contributed by atoms with E-state index in [2.05, 4.69) is 26.1 Å². The maximum absolute atomic E-state index is 13.7. The van der Waals surface area contributed by atoms with Crippen molar-refractivity contribution in [2.75, 3.05) is 18.0 Å². The molecule has 1 heterocycles. The molecule has 32 heavy (non-hydrogen) atoms. The summed E-state index contributed by atoms with van der Waals surface area (Å²) in [5, 5.41) is 11.5. The van der Waals surface area contributed by atoms with Crippen LogP contribution in [0.5, 0.6) is 0 Å². The minimum Gasteiger partial charge on any atom is -0.343 e. The van der Waals surface area contributed by atoms with E-state index in [9.17, 15) is 9.59 Å². The number of nitrogens with one attached hydrogen (secondary N) is 1. The lowest BCUT2D eigenvalue weighted by Crippen LogP contribution is -2.43. The summed E-state index contributed by atoms with van der Waals surface area (Å²) in [5.41, 5.74) is 2.34. The van der Waals surface area contributed by atoms with Crippen LogP contribution in [0.25, 0.3) is 0 Å². The third-order valence-corrected chi connectivity index (χ3v) is 7.02. The van der Waals surface area contributed by atoms with Gasteiger partial charge in [-0.25, -0.2) is 0 Å². The topological polar surface area (TPSA) is 73.2 Å². The van der Waals surface area contributed by atoms with E-state index in [4.69, 9.17) is 28.5 Å². The summed E-state index contributed by atoms with van der Waals surface area (Å²) in [6, 6.07) is 14.9. The number of carbonyl (C=O) groups is 2. The summed E-state index contributed by atoms with van der Waals surface area (Å²) < 4.78 is 0. The lowest BCUT2D eigenvalue weighted by atomic mass is 9.94. The second-order valence-corrected chi connectivity index (χ2v) is 11.0. The highest BCUT2D eigenvalue weighted by Crippen LogP contribution is 2.49. The van der Waals surface area contributed by atoms with Crippen LogP contribution < -0.4 is 10.2 Å². The van der Waals surface area contributed by atoms with Gasteiger partial charge in [0.25, 0.3) is 0 Å². The molecule has 2 aromatic rings. The summed E-state index contributed by atoms with van der Waals surface area (Å²) in [4.78, 5) is 28.0. The van der Waals surface area contributed by atoms with Gasteiger partial charge < -0.3 is 10.2 Å². The van der Waals surface area contributed by atoms with Crippen molar-refractivity contribution < 1.29 is 9.59 Å². The van der Waals surface area contributed by atoms with Crippen molar-refractivity contribution >= 4 is 52.5 Å². The minimum atomic E-state index is -0.650. The number of rotatable bonds is 5. The van der Waals surface area contributed by atoms with Crippen molar-refractivity contribution in [3.63, 3.8) is 0 Å². The van der Waals surface area contributed by atoms with Gasteiger partial charge in [-0.2, -0.15) is 5.26 Å². The smallest absolute Gasteiger partial charge is 0.240 e. The molecule has 1 aliphatic heterocycles. The number of hydrogen-bond donors (Lipinski definition) is 1. The molecule has 0 fully saturated rings. The van der Waals surface area contributed by atoms with Crippen LogP contribution in [0.15, 0.2) is 42.5 Å². The number of amides is 2. The highest BCUT2D eigenvalue weighted by atomic mass is 35.5.